The average molecular weight is 208 g/mol. The molecule has 0 aromatic carbocycles. The fraction of sp³-hybridized carbons (Fsp3) is 0.636. The van der Waals surface area contributed by atoms with Gasteiger partial charge in [0.2, 0.25) is 5.95 Å². The first-order valence-corrected chi connectivity index (χ1v) is 5.17. The van der Waals surface area contributed by atoms with Crippen LogP contribution in [0, 0.1) is 12.3 Å². The van der Waals surface area contributed by atoms with E-state index in [0.29, 0.717) is 5.95 Å². The van der Waals surface area contributed by atoms with Crippen molar-refractivity contribution >= 4 is 11.8 Å². The van der Waals surface area contributed by atoms with Crippen LogP contribution in [0.25, 0.3) is 0 Å². The van der Waals surface area contributed by atoms with Gasteiger partial charge in [0.1, 0.15) is 5.82 Å². The van der Waals surface area contributed by atoms with E-state index in [2.05, 4.69) is 41.4 Å². The van der Waals surface area contributed by atoms with Gasteiger partial charge in [-0.3, -0.25) is 0 Å². The second kappa shape index (κ2) is 4.47. The molecule has 2 N–H and O–H groups in total. The molecular formula is C11H20N4. The Balaban J connectivity index is 2.75. The lowest BCUT2D eigenvalue weighted by atomic mass is 9.97. The Kier molecular flexibility index (Phi) is 3.50. The summed E-state index contributed by atoms with van der Waals surface area (Å²) in [5.41, 5.74) is 1.32. The van der Waals surface area contributed by atoms with Crippen molar-refractivity contribution in [3.63, 3.8) is 0 Å². The molecule has 4 heteroatoms. The highest BCUT2D eigenvalue weighted by Crippen LogP contribution is 2.17. The number of nitrogens with zero attached hydrogens (tertiary/aromatic N) is 2. The van der Waals surface area contributed by atoms with E-state index < -0.39 is 0 Å². The SMILES string of the molecule is CNc1ncc(C)c(NCC(C)(C)C)n1. The first-order valence-electron chi connectivity index (χ1n) is 5.17. The summed E-state index contributed by atoms with van der Waals surface area (Å²) < 4.78 is 0. The van der Waals surface area contributed by atoms with Crippen molar-refractivity contribution in [1.82, 2.24) is 9.97 Å². The lowest BCUT2D eigenvalue weighted by Crippen LogP contribution is -2.20. The minimum absolute atomic E-state index is 0.247. The largest absolute Gasteiger partial charge is 0.369 e. The molecule has 0 atom stereocenters. The van der Waals surface area contributed by atoms with Crippen LogP contribution in [-0.2, 0) is 0 Å². The summed E-state index contributed by atoms with van der Waals surface area (Å²) in [7, 11) is 1.82. The van der Waals surface area contributed by atoms with Gasteiger partial charge in [-0.1, -0.05) is 20.8 Å². The molecule has 84 valence electrons. The zero-order valence-electron chi connectivity index (χ0n) is 10.2. The number of anilines is 2. The second-order valence-electron chi connectivity index (χ2n) is 4.89. The predicted molar refractivity (Wildman–Crippen MR) is 64.3 cm³/mol. The van der Waals surface area contributed by atoms with Crippen molar-refractivity contribution < 1.29 is 0 Å². The Bertz CT molecular complexity index is 328. The van der Waals surface area contributed by atoms with Crippen LogP contribution in [-0.4, -0.2) is 23.6 Å². The van der Waals surface area contributed by atoms with Crippen molar-refractivity contribution in [1.29, 1.82) is 0 Å². The molecule has 0 saturated carbocycles. The van der Waals surface area contributed by atoms with Gasteiger partial charge in [0.05, 0.1) is 0 Å². The third-order valence-corrected chi connectivity index (χ3v) is 1.98. The Labute approximate surface area is 91.5 Å². The Morgan fingerprint density at radius 1 is 1.33 bits per heavy atom. The first-order chi connectivity index (χ1) is 6.92. The normalized spacial score (nSPS) is 11.3. The average Bonchev–Trinajstić information content (AvgIpc) is 2.15. The maximum atomic E-state index is 4.36. The molecule has 0 unspecified atom stereocenters. The van der Waals surface area contributed by atoms with E-state index in [0.717, 1.165) is 17.9 Å². The van der Waals surface area contributed by atoms with Crippen LogP contribution in [0.15, 0.2) is 6.20 Å². The van der Waals surface area contributed by atoms with Gasteiger partial charge in [-0.25, -0.2) is 4.98 Å². The summed E-state index contributed by atoms with van der Waals surface area (Å²) in [6.45, 7) is 9.47. The van der Waals surface area contributed by atoms with Gasteiger partial charge in [-0.15, -0.1) is 0 Å². The zero-order chi connectivity index (χ0) is 11.5. The fourth-order valence-electron chi connectivity index (χ4n) is 1.09. The maximum absolute atomic E-state index is 4.36. The first kappa shape index (κ1) is 11.8. The summed E-state index contributed by atoms with van der Waals surface area (Å²) in [6.07, 6.45) is 1.82. The predicted octanol–water partition coefficient (Wildman–Crippen LogP) is 2.28. The number of aromatic nitrogens is 2. The Hall–Kier alpha value is -1.32. The minimum atomic E-state index is 0.247. The molecule has 4 nitrogen and oxygen atoms in total. The lowest BCUT2D eigenvalue weighted by Gasteiger charge is -2.20. The molecule has 0 aliphatic rings. The summed E-state index contributed by atoms with van der Waals surface area (Å²) in [5.74, 6) is 1.56. The molecule has 0 aliphatic heterocycles. The highest BCUT2D eigenvalue weighted by molar-refractivity contribution is 5.46. The molecule has 0 saturated heterocycles. The summed E-state index contributed by atoms with van der Waals surface area (Å²) in [6, 6.07) is 0. The molecule has 1 aromatic rings. The number of hydrogen-bond donors (Lipinski definition) is 2. The molecule has 1 rings (SSSR count). The quantitative estimate of drug-likeness (QED) is 0.800. The molecule has 0 spiro atoms. The third kappa shape index (κ3) is 3.73. The molecule has 15 heavy (non-hydrogen) atoms. The van der Waals surface area contributed by atoms with Gasteiger partial charge in [-0.2, -0.15) is 4.98 Å². The summed E-state index contributed by atoms with van der Waals surface area (Å²) in [5, 5.41) is 6.27. The van der Waals surface area contributed by atoms with E-state index in [-0.39, 0.29) is 5.41 Å². The molecule has 1 aromatic heterocycles. The van der Waals surface area contributed by atoms with Gasteiger partial charge in [0.25, 0.3) is 0 Å². The highest BCUT2D eigenvalue weighted by atomic mass is 15.1. The van der Waals surface area contributed by atoms with E-state index >= 15 is 0 Å². The Morgan fingerprint density at radius 2 is 2.00 bits per heavy atom. The zero-order valence-corrected chi connectivity index (χ0v) is 10.2. The molecule has 1 heterocycles. The van der Waals surface area contributed by atoms with Crippen LogP contribution in [0.3, 0.4) is 0 Å². The van der Waals surface area contributed by atoms with E-state index in [9.17, 15) is 0 Å². The molecule has 0 fully saturated rings. The van der Waals surface area contributed by atoms with Gasteiger partial charge < -0.3 is 10.6 Å². The van der Waals surface area contributed by atoms with E-state index in [4.69, 9.17) is 0 Å². The molecular weight excluding hydrogens is 188 g/mol. The summed E-state index contributed by atoms with van der Waals surface area (Å²) in [4.78, 5) is 8.50. The number of hydrogen-bond acceptors (Lipinski definition) is 4. The number of nitrogens with one attached hydrogen (secondary N) is 2. The second-order valence-corrected chi connectivity index (χ2v) is 4.89. The number of aryl methyl sites for hydroxylation is 1. The van der Waals surface area contributed by atoms with Gasteiger partial charge in [0, 0.05) is 25.4 Å². The number of rotatable bonds is 3. The molecule has 0 bridgehead atoms. The monoisotopic (exact) mass is 208 g/mol. The molecule has 0 amide bonds. The molecule has 0 radical (unpaired) electrons. The Morgan fingerprint density at radius 3 is 2.53 bits per heavy atom. The summed E-state index contributed by atoms with van der Waals surface area (Å²) >= 11 is 0. The van der Waals surface area contributed by atoms with E-state index in [1.165, 1.54) is 0 Å². The van der Waals surface area contributed by atoms with Gasteiger partial charge in [0.15, 0.2) is 0 Å². The topological polar surface area (TPSA) is 49.8 Å². The van der Waals surface area contributed by atoms with Gasteiger partial charge in [-0.05, 0) is 12.3 Å². The minimum Gasteiger partial charge on any atom is -0.369 e. The van der Waals surface area contributed by atoms with Crippen LogP contribution >= 0.6 is 0 Å². The van der Waals surface area contributed by atoms with Crippen LogP contribution in [0.5, 0.6) is 0 Å². The van der Waals surface area contributed by atoms with Crippen LogP contribution in [0.1, 0.15) is 26.3 Å². The van der Waals surface area contributed by atoms with Crippen molar-refractivity contribution in [3.05, 3.63) is 11.8 Å². The third-order valence-electron chi connectivity index (χ3n) is 1.98. The molecule has 0 aliphatic carbocycles. The maximum Gasteiger partial charge on any atom is 0.224 e. The van der Waals surface area contributed by atoms with E-state index in [1.807, 2.05) is 20.2 Å². The van der Waals surface area contributed by atoms with Gasteiger partial charge >= 0.3 is 0 Å². The van der Waals surface area contributed by atoms with Crippen molar-refractivity contribution in [2.45, 2.75) is 27.7 Å². The van der Waals surface area contributed by atoms with Crippen LogP contribution in [0.2, 0.25) is 0 Å². The smallest absolute Gasteiger partial charge is 0.224 e. The van der Waals surface area contributed by atoms with Crippen molar-refractivity contribution in [3.8, 4) is 0 Å². The van der Waals surface area contributed by atoms with E-state index in [1.54, 1.807) is 0 Å². The van der Waals surface area contributed by atoms with Crippen LogP contribution < -0.4 is 10.6 Å². The standard InChI is InChI=1S/C11H20N4/c1-8-6-13-10(12-5)15-9(8)14-7-11(2,3)4/h6H,7H2,1-5H3,(H2,12,13,14,15). The lowest BCUT2D eigenvalue weighted by molar-refractivity contribution is 0.442. The van der Waals surface area contributed by atoms with Crippen molar-refractivity contribution in [2.75, 3.05) is 24.2 Å². The van der Waals surface area contributed by atoms with Crippen molar-refractivity contribution in [2.24, 2.45) is 5.41 Å². The van der Waals surface area contributed by atoms with Crippen LogP contribution in [0.4, 0.5) is 11.8 Å². The highest BCUT2D eigenvalue weighted by Gasteiger charge is 2.11. The fourth-order valence-corrected chi connectivity index (χ4v) is 1.09.